The summed E-state index contributed by atoms with van der Waals surface area (Å²) in [7, 11) is 0. The lowest BCUT2D eigenvalue weighted by Crippen LogP contribution is -1.55. The topological polar surface area (TPSA) is 60.9 Å². The maximum absolute atomic E-state index is 6.18. The lowest BCUT2D eigenvalue weighted by Gasteiger charge is -1.64. The Morgan fingerprint density at radius 1 is 1.43 bits per heavy atom. The fourth-order valence-corrected chi connectivity index (χ4v) is 0.225. The van der Waals surface area contributed by atoms with Crippen LogP contribution in [0, 0.1) is 5.53 Å². The second-order valence-electron chi connectivity index (χ2n) is 0.573. The van der Waals surface area contributed by atoms with Gasteiger partial charge >= 0.3 is 0 Å². The molecular weight excluding hydrogens is 207 g/mol. The van der Waals surface area contributed by atoms with Gasteiger partial charge in [-0.25, -0.2) is 5.53 Å². The van der Waals surface area contributed by atoms with Crippen molar-refractivity contribution in [3.8, 4) is 0 Å². The van der Waals surface area contributed by atoms with Crippen LogP contribution >= 0.6 is 22.6 Å². The second kappa shape index (κ2) is 5.67. The highest BCUT2D eigenvalue weighted by Gasteiger charge is 1.54. The first-order valence-electron chi connectivity index (χ1n) is 1.42. The minimum absolute atomic E-state index is 1.05. The van der Waals surface area contributed by atoms with E-state index in [1.54, 1.807) is 0 Å². The van der Waals surface area contributed by atoms with E-state index in [0.717, 1.165) is 6.34 Å². The van der Waals surface area contributed by atoms with E-state index in [0.29, 0.717) is 0 Å². The molecule has 7 heavy (non-hydrogen) atoms. The van der Waals surface area contributed by atoms with E-state index in [2.05, 4.69) is 15.3 Å². The largest absolute Gasteiger partial charge is 0.203 e. The summed E-state index contributed by atoms with van der Waals surface area (Å²) in [5.41, 5.74) is 6.18. The summed E-state index contributed by atoms with van der Waals surface area (Å²) in [4.78, 5) is 0. The Kier molecular flexibility index (Phi) is 5.40. The molecule has 0 saturated heterocycles. The van der Waals surface area contributed by atoms with Crippen LogP contribution in [0.5, 0.6) is 0 Å². The minimum atomic E-state index is 1.05. The van der Waals surface area contributed by atoms with Crippen molar-refractivity contribution in [3.63, 3.8) is 0 Å². The Bertz CT molecular complexity index is 95.9. The molecule has 0 spiro atoms. The van der Waals surface area contributed by atoms with E-state index in [9.17, 15) is 0 Å². The third-order valence-corrected chi connectivity index (χ3v) is 0.469. The van der Waals surface area contributed by atoms with Gasteiger partial charge in [0, 0.05) is 0 Å². The molecule has 0 aromatic rings. The molecule has 0 saturated carbocycles. The number of halogens is 1. The van der Waals surface area contributed by atoms with Crippen molar-refractivity contribution in [1.82, 2.24) is 0 Å². The molecule has 0 bridgehead atoms. The smallest absolute Gasteiger partial charge is 0.159 e. The van der Waals surface area contributed by atoms with Crippen LogP contribution in [0.1, 0.15) is 0 Å². The molecule has 4 nitrogen and oxygen atoms in total. The molecule has 0 aliphatic heterocycles. The fourth-order valence-electron chi connectivity index (χ4n) is 0.0808. The Labute approximate surface area is 54.4 Å². The Morgan fingerprint density at radius 3 is 2.57 bits per heavy atom. The van der Waals surface area contributed by atoms with Gasteiger partial charge in [-0.05, 0) is 22.6 Å². The molecule has 0 aliphatic carbocycles. The highest BCUT2D eigenvalue weighted by atomic mass is 127. The van der Waals surface area contributed by atoms with E-state index in [-0.39, 0.29) is 0 Å². The highest BCUT2D eigenvalue weighted by molar-refractivity contribution is 14.1. The van der Waals surface area contributed by atoms with Crippen LogP contribution in [-0.4, -0.2) is 10.6 Å². The van der Waals surface area contributed by atoms with Crippen molar-refractivity contribution in [2.45, 2.75) is 0 Å². The van der Waals surface area contributed by atoms with Gasteiger partial charge in [0.05, 0.1) is 4.22 Å². The number of hydrogen-bond donors (Lipinski definition) is 1. The van der Waals surface area contributed by atoms with Gasteiger partial charge in [-0.3, -0.25) is 0 Å². The lowest BCUT2D eigenvalue weighted by atomic mass is 11.4. The zero-order valence-corrected chi connectivity index (χ0v) is 5.53. The first-order valence-corrected chi connectivity index (χ1v) is 2.66. The van der Waals surface area contributed by atoms with E-state index in [1.807, 2.05) is 22.6 Å². The molecule has 0 aromatic heterocycles. The van der Waals surface area contributed by atoms with Gasteiger partial charge in [0.1, 0.15) is 0 Å². The second-order valence-corrected chi connectivity index (χ2v) is 1.13. The standard InChI is InChI=1S/C2H3IN4/c3-1-6-7-2-5-4/h1-2,4H/b5-4?,6-1-,7-2-. The summed E-state index contributed by atoms with van der Waals surface area (Å²) in [5, 5.41) is 9.48. The number of hydrogen-bond acceptors (Lipinski definition) is 3. The summed E-state index contributed by atoms with van der Waals surface area (Å²) in [6.45, 7) is 0. The predicted molar refractivity (Wildman–Crippen MR) is 36.2 cm³/mol. The third kappa shape index (κ3) is 5.67. The van der Waals surface area contributed by atoms with Crippen molar-refractivity contribution in [2.24, 2.45) is 15.3 Å². The molecule has 38 valence electrons. The molecular formula is C2H3IN4. The Balaban J connectivity index is 3.27. The van der Waals surface area contributed by atoms with Gasteiger partial charge in [-0.15, -0.1) is 10.2 Å². The molecule has 1 N–H and O–H groups in total. The maximum atomic E-state index is 6.18. The molecule has 0 amide bonds. The quantitative estimate of drug-likeness (QED) is 0.235. The van der Waals surface area contributed by atoms with Crippen LogP contribution in [0.4, 0.5) is 0 Å². The maximum Gasteiger partial charge on any atom is 0.159 e. The van der Waals surface area contributed by atoms with Gasteiger partial charge < -0.3 is 0 Å². The van der Waals surface area contributed by atoms with Gasteiger partial charge in [-0.2, -0.15) is 5.10 Å². The van der Waals surface area contributed by atoms with Crippen molar-refractivity contribution < 1.29 is 0 Å². The van der Waals surface area contributed by atoms with Crippen LogP contribution in [0.25, 0.3) is 0 Å². The Hall–Kier alpha value is -0.330. The average molecular weight is 210 g/mol. The van der Waals surface area contributed by atoms with Crippen LogP contribution in [-0.2, 0) is 0 Å². The first-order chi connectivity index (χ1) is 3.41. The summed E-state index contributed by atoms with van der Waals surface area (Å²) in [6.07, 6.45) is 1.05. The number of nitrogens with zero attached hydrogens (tertiary/aromatic N) is 3. The molecule has 0 radical (unpaired) electrons. The molecule has 0 aliphatic rings. The van der Waals surface area contributed by atoms with Crippen LogP contribution in [0.3, 0.4) is 0 Å². The van der Waals surface area contributed by atoms with Crippen LogP contribution < -0.4 is 0 Å². The van der Waals surface area contributed by atoms with Crippen molar-refractivity contribution >= 4 is 33.2 Å². The fraction of sp³-hybridized carbons (Fsp3) is 0. The first kappa shape index (κ1) is 6.67. The summed E-state index contributed by atoms with van der Waals surface area (Å²) in [6, 6.07) is 0. The summed E-state index contributed by atoms with van der Waals surface area (Å²) < 4.78 is 1.49. The SMILES string of the molecule is N=N/C=N\N=C/I. The molecule has 0 heterocycles. The monoisotopic (exact) mass is 210 g/mol. The summed E-state index contributed by atoms with van der Waals surface area (Å²) in [5.74, 6) is 0. The van der Waals surface area contributed by atoms with E-state index >= 15 is 0 Å². The van der Waals surface area contributed by atoms with Crippen molar-refractivity contribution in [1.29, 1.82) is 5.53 Å². The molecule has 0 atom stereocenters. The van der Waals surface area contributed by atoms with Crippen LogP contribution in [0.15, 0.2) is 15.3 Å². The van der Waals surface area contributed by atoms with E-state index < -0.39 is 0 Å². The molecule has 0 fully saturated rings. The summed E-state index contributed by atoms with van der Waals surface area (Å²) >= 11 is 1.92. The molecule has 5 heteroatoms. The lowest BCUT2D eigenvalue weighted by molar-refractivity contribution is 1.17. The molecule has 0 rings (SSSR count). The highest BCUT2D eigenvalue weighted by Crippen LogP contribution is 1.72. The van der Waals surface area contributed by atoms with Crippen LogP contribution in [0.2, 0.25) is 0 Å². The van der Waals surface area contributed by atoms with Gasteiger partial charge in [-0.1, -0.05) is 0 Å². The molecule has 0 aromatic carbocycles. The number of rotatable bonds is 2. The van der Waals surface area contributed by atoms with E-state index in [4.69, 9.17) is 5.53 Å². The van der Waals surface area contributed by atoms with Gasteiger partial charge in [0.2, 0.25) is 0 Å². The normalized spacial score (nSPS) is 11.0. The van der Waals surface area contributed by atoms with Crippen molar-refractivity contribution in [2.75, 3.05) is 0 Å². The predicted octanol–water partition coefficient (Wildman–Crippen LogP) is 1.42. The van der Waals surface area contributed by atoms with Gasteiger partial charge in [0.15, 0.2) is 6.34 Å². The zero-order valence-electron chi connectivity index (χ0n) is 3.37. The number of nitrogens with one attached hydrogen (secondary N) is 1. The van der Waals surface area contributed by atoms with Crippen molar-refractivity contribution in [3.05, 3.63) is 0 Å². The minimum Gasteiger partial charge on any atom is -0.203 e. The average Bonchev–Trinajstić information content (AvgIpc) is 1.69. The van der Waals surface area contributed by atoms with Gasteiger partial charge in [0.25, 0.3) is 0 Å². The molecule has 0 unspecified atom stereocenters. The Morgan fingerprint density at radius 2 is 2.14 bits per heavy atom. The third-order valence-electron chi connectivity index (χ3n) is 0.220. The van der Waals surface area contributed by atoms with E-state index in [1.165, 1.54) is 4.22 Å². The zero-order chi connectivity index (χ0) is 5.54.